The summed E-state index contributed by atoms with van der Waals surface area (Å²) < 4.78 is 3.05. The molecule has 0 saturated heterocycles. The van der Waals surface area contributed by atoms with E-state index in [1.54, 1.807) is 0 Å². The molecule has 0 aliphatic carbocycles. The van der Waals surface area contributed by atoms with Gasteiger partial charge in [-0.05, 0) is 52.9 Å². The van der Waals surface area contributed by atoms with E-state index >= 15 is 0 Å². The Balaban J connectivity index is 2.37. The standard InChI is InChI=1S/C14H8Cl3IN2/c15-7-13-19-14-9(17)2-1-3-12(14)20(13)11-5-4-8(16)6-10(11)18/h1-6H,7H2. The van der Waals surface area contributed by atoms with Crippen LogP contribution in [0.1, 0.15) is 5.82 Å². The molecule has 0 bridgehead atoms. The first-order valence-corrected chi connectivity index (χ1v) is 8.16. The maximum atomic E-state index is 6.21. The van der Waals surface area contributed by atoms with E-state index in [4.69, 9.17) is 34.8 Å². The van der Waals surface area contributed by atoms with Crippen LogP contribution in [0.2, 0.25) is 10.0 Å². The van der Waals surface area contributed by atoms with Crippen LogP contribution in [0.25, 0.3) is 16.7 Å². The van der Waals surface area contributed by atoms with Crippen LogP contribution < -0.4 is 0 Å². The first-order valence-electron chi connectivity index (χ1n) is 5.79. The molecule has 0 N–H and O–H groups in total. The van der Waals surface area contributed by atoms with Crippen LogP contribution in [-0.2, 0) is 5.88 Å². The number of aromatic nitrogens is 2. The van der Waals surface area contributed by atoms with Crippen molar-refractivity contribution in [2.75, 3.05) is 0 Å². The molecule has 0 spiro atoms. The minimum atomic E-state index is 0.309. The molecule has 2 nitrogen and oxygen atoms in total. The van der Waals surface area contributed by atoms with Gasteiger partial charge in [0.1, 0.15) is 11.3 Å². The van der Waals surface area contributed by atoms with Gasteiger partial charge in [-0.25, -0.2) is 4.98 Å². The molecule has 2 aromatic carbocycles. The molecule has 20 heavy (non-hydrogen) atoms. The number of nitrogens with zero attached hydrogens (tertiary/aromatic N) is 2. The fourth-order valence-corrected chi connectivity index (χ4v) is 3.64. The number of alkyl halides is 1. The molecule has 3 rings (SSSR count). The van der Waals surface area contributed by atoms with Gasteiger partial charge in [0.05, 0.1) is 22.1 Å². The Bertz CT molecular complexity index is 798. The van der Waals surface area contributed by atoms with Gasteiger partial charge in [0.25, 0.3) is 0 Å². The quantitative estimate of drug-likeness (QED) is 0.373. The van der Waals surface area contributed by atoms with E-state index in [-0.39, 0.29) is 0 Å². The maximum absolute atomic E-state index is 6.21. The van der Waals surface area contributed by atoms with E-state index in [9.17, 15) is 0 Å². The first-order chi connectivity index (χ1) is 9.61. The minimum absolute atomic E-state index is 0.309. The zero-order chi connectivity index (χ0) is 14.3. The molecule has 0 atom stereocenters. The number of rotatable bonds is 2. The monoisotopic (exact) mass is 436 g/mol. The van der Waals surface area contributed by atoms with Gasteiger partial charge in [-0.15, -0.1) is 11.6 Å². The lowest BCUT2D eigenvalue weighted by molar-refractivity contribution is 0.977. The minimum Gasteiger partial charge on any atom is -0.294 e. The molecule has 0 aliphatic rings. The molecule has 1 heterocycles. The fourth-order valence-electron chi connectivity index (χ4n) is 2.13. The average molecular weight is 437 g/mol. The van der Waals surface area contributed by atoms with Crippen LogP contribution in [0.15, 0.2) is 36.4 Å². The van der Waals surface area contributed by atoms with Crippen LogP contribution in [0.3, 0.4) is 0 Å². The Morgan fingerprint density at radius 2 is 1.95 bits per heavy atom. The number of hydrogen-bond acceptors (Lipinski definition) is 1. The van der Waals surface area contributed by atoms with E-state index in [0.29, 0.717) is 15.9 Å². The second kappa shape index (κ2) is 5.72. The van der Waals surface area contributed by atoms with Gasteiger partial charge in [-0.3, -0.25) is 4.57 Å². The van der Waals surface area contributed by atoms with Crippen molar-refractivity contribution in [3.8, 4) is 5.69 Å². The largest absolute Gasteiger partial charge is 0.294 e. The van der Waals surface area contributed by atoms with Crippen LogP contribution in [0.5, 0.6) is 0 Å². The maximum Gasteiger partial charge on any atom is 0.129 e. The summed E-state index contributed by atoms with van der Waals surface area (Å²) in [5.74, 6) is 1.07. The number of fused-ring (bicyclic) bond motifs is 1. The highest BCUT2D eigenvalue weighted by Crippen LogP contribution is 2.30. The SMILES string of the molecule is ClCc1nc2c(Cl)cccc2n1-c1ccc(Cl)cc1I. The van der Waals surface area contributed by atoms with Crippen molar-refractivity contribution < 1.29 is 0 Å². The summed E-state index contributed by atoms with van der Waals surface area (Å²) in [6, 6.07) is 11.4. The van der Waals surface area contributed by atoms with Gasteiger partial charge in [-0.1, -0.05) is 29.3 Å². The number of imidazole rings is 1. The summed E-state index contributed by atoms with van der Waals surface area (Å²) in [6.45, 7) is 0. The van der Waals surface area contributed by atoms with Gasteiger partial charge in [0, 0.05) is 8.59 Å². The summed E-state index contributed by atoms with van der Waals surface area (Å²) in [5, 5.41) is 1.32. The third-order valence-electron chi connectivity index (χ3n) is 2.98. The van der Waals surface area contributed by atoms with Crippen LogP contribution in [0, 0.1) is 3.57 Å². The predicted octanol–water partition coefficient (Wildman–Crippen LogP) is 5.68. The van der Waals surface area contributed by atoms with Crippen molar-refractivity contribution in [1.82, 2.24) is 9.55 Å². The Kier molecular flexibility index (Phi) is 4.13. The third-order valence-corrected chi connectivity index (χ3v) is 4.62. The lowest BCUT2D eigenvalue weighted by Crippen LogP contribution is -2.01. The normalized spacial score (nSPS) is 11.2. The smallest absolute Gasteiger partial charge is 0.129 e. The van der Waals surface area contributed by atoms with E-state index in [1.807, 2.05) is 41.0 Å². The lowest BCUT2D eigenvalue weighted by atomic mass is 10.2. The van der Waals surface area contributed by atoms with Crippen molar-refractivity contribution in [3.63, 3.8) is 0 Å². The van der Waals surface area contributed by atoms with Crippen molar-refractivity contribution in [3.05, 3.63) is 55.8 Å². The Labute approximate surface area is 144 Å². The van der Waals surface area contributed by atoms with Crippen molar-refractivity contribution in [1.29, 1.82) is 0 Å². The number of hydrogen-bond donors (Lipinski definition) is 0. The molecule has 0 fully saturated rings. The Morgan fingerprint density at radius 3 is 2.65 bits per heavy atom. The topological polar surface area (TPSA) is 17.8 Å². The van der Waals surface area contributed by atoms with E-state index in [1.165, 1.54) is 0 Å². The molecule has 6 heteroatoms. The number of para-hydroxylation sites is 1. The number of halogens is 4. The molecule has 3 aromatic rings. The van der Waals surface area contributed by atoms with E-state index in [2.05, 4.69) is 27.6 Å². The summed E-state index contributed by atoms with van der Waals surface area (Å²) in [6.07, 6.45) is 0. The van der Waals surface area contributed by atoms with E-state index in [0.717, 1.165) is 26.1 Å². The zero-order valence-corrected chi connectivity index (χ0v) is 14.5. The van der Waals surface area contributed by atoms with Crippen molar-refractivity contribution in [2.24, 2.45) is 0 Å². The Morgan fingerprint density at radius 1 is 1.15 bits per heavy atom. The lowest BCUT2D eigenvalue weighted by Gasteiger charge is -2.10. The predicted molar refractivity (Wildman–Crippen MR) is 93.4 cm³/mol. The molecule has 0 amide bonds. The van der Waals surface area contributed by atoms with Gasteiger partial charge >= 0.3 is 0 Å². The summed E-state index contributed by atoms with van der Waals surface area (Å²) in [7, 11) is 0. The molecular weight excluding hydrogens is 429 g/mol. The Hall–Kier alpha value is -0.490. The zero-order valence-electron chi connectivity index (χ0n) is 10.1. The van der Waals surface area contributed by atoms with Crippen molar-refractivity contribution in [2.45, 2.75) is 5.88 Å². The second-order valence-corrected chi connectivity index (χ2v) is 6.47. The molecule has 102 valence electrons. The first kappa shape index (κ1) is 14.4. The summed E-state index contributed by atoms with van der Waals surface area (Å²) in [5.41, 5.74) is 2.69. The summed E-state index contributed by atoms with van der Waals surface area (Å²) >= 11 is 20.5. The molecular formula is C14H8Cl3IN2. The van der Waals surface area contributed by atoms with Crippen LogP contribution in [-0.4, -0.2) is 9.55 Å². The molecule has 0 saturated carbocycles. The third kappa shape index (κ3) is 2.41. The van der Waals surface area contributed by atoms with Gasteiger partial charge in [-0.2, -0.15) is 0 Å². The molecule has 0 aliphatic heterocycles. The highest BCUT2D eigenvalue weighted by atomic mass is 127. The van der Waals surface area contributed by atoms with E-state index < -0.39 is 0 Å². The molecule has 1 aromatic heterocycles. The fraction of sp³-hybridized carbons (Fsp3) is 0.0714. The van der Waals surface area contributed by atoms with Crippen molar-refractivity contribution >= 4 is 68.4 Å². The van der Waals surface area contributed by atoms with Gasteiger partial charge < -0.3 is 0 Å². The van der Waals surface area contributed by atoms with Crippen LogP contribution in [0.4, 0.5) is 0 Å². The average Bonchev–Trinajstić information content (AvgIpc) is 2.79. The highest BCUT2D eigenvalue weighted by Gasteiger charge is 2.15. The highest BCUT2D eigenvalue weighted by molar-refractivity contribution is 14.1. The van der Waals surface area contributed by atoms with Crippen LogP contribution >= 0.6 is 57.4 Å². The molecule has 0 unspecified atom stereocenters. The van der Waals surface area contributed by atoms with Gasteiger partial charge in [0.2, 0.25) is 0 Å². The number of benzene rings is 2. The van der Waals surface area contributed by atoms with Gasteiger partial charge in [0.15, 0.2) is 0 Å². The molecule has 0 radical (unpaired) electrons. The second-order valence-electron chi connectivity index (χ2n) is 4.20. The summed E-state index contributed by atoms with van der Waals surface area (Å²) in [4.78, 5) is 4.53.